The number of aromatic nitrogens is 2. The molecule has 1 fully saturated rings. The van der Waals surface area contributed by atoms with Crippen LogP contribution >= 0.6 is 0 Å². The third-order valence-corrected chi connectivity index (χ3v) is 17.6. The van der Waals surface area contributed by atoms with E-state index in [-0.39, 0.29) is 66.8 Å². The number of aliphatic hydroxyl groups is 4. The Morgan fingerprint density at radius 1 is 0.810 bits per heavy atom. The van der Waals surface area contributed by atoms with Crippen molar-refractivity contribution in [2.24, 2.45) is 17.8 Å². The zero-order chi connectivity index (χ0) is 54.8. The number of ether oxygens (including phenoxy) is 1. The summed E-state index contributed by atoms with van der Waals surface area (Å²) < 4.78 is 6.51. The summed E-state index contributed by atoms with van der Waals surface area (Å²) in [5.41, 5.74) is 7.21. The summed E-state index contributed by atoms with van der Waals surface area (Å²) in [5.74, 6) is 2.96. The quantitative estimate of drug-likeness (QED) is 0.0436. The molecule has 2 aliphatic heterocycles. The van der Waals surface area contributed by atoms with Gasteiger partial charge in [0.15, 0.2) is 17.3 Å². The average molecular weight is 1070 g/mol. The second kappa shape index (κ2) is 23.3. The molecular weight excluding hydrogens is 993 g/mol. The lowest BCUT2D eigenvalue weighted by Crippen LogP contribution is -2.43. The summed E-state index contributed by atoms with van der Waals surface area (Å²) in [4.78, 5) is 38.2. The molecule has 9 atom stereocenters. The number of rotatable bonds is 11. The molecule has 5 aliphatic rings. The molecule has 2 aromatic heterocycles. The number of carbonyl (C=O) groups is 2. The second-order valence-electron chi connectivity index (χ2n) is 22.6. The number of aliphatic hydroxyl groups excluding tert-OH is 3. The highest BCUT2D eigenvalue weighted by molar-refractivity contribution is 6.05. The predicted molar refractivity (Wildman–Crippen MR) is 305 cm³/mol. The number of hydrogen-bond acceptors (Lipinski definition) is 11. The van der Waals surface area contributed by atoms with Gasteiger partial charge in [0, 0.05) is 73.0 Å². The van der Waals surface area contributed by atoms with Gasteiger partial charge in [0.25, 0.3) is 0 Å². The van der Waals surface area contributed by atoms with Crippen molar-refractivity contribution < 1.29 is 45.0 Å². The number of phenols is 2. The molecule has 4 heterocycles. The van der Waals surface area contributed by atoms with E-state index in [4.69, 9.17) is 4.74 Å². The van der Waals surface area contributed by atoms with Crippen LogP contribution in [0.1, 0.15) is 137 Å². The van der Waals surface area contributed by atoms with Crippen molar-refractivity contribution in [3.05, 3.63) is 176 Å². The molecule has 0 amide bonds. The molecular formula is C66H72N4O9. The van der Waals surface area contributed by atoms with E-state index in [1.165, 1.54) is 0 Å². The van der Waals surface area contributed by atoms with E-state index in [1.54, 1.807) is 36.4 Å². The SMILES string of the molecule is CNC[C@H]1C#C[C@H]2Nc3[nH]ccc3Cc3cc(ccc3[C@@H](CCc3ccccc3)[C@@H]1O)[C@@H](O)c1cc(cc(OC3CCCC3)c1O)CCC(=O)[C@@H](CCO)C(=O)[C@H]1C2=Cc2[nH]ccc2[C@@H]1C[C@]1(O)C=Cc2c(O)cccc2CC1. The first-order valence-corrected chi connectivity index (χ1v) is 28.3. The van der Waals surface area contributed by atoms with Crippen molar-refractivity contribution in [2.45, 2.75) is 125 Å². The van der Waals surface area contributed by atoms with Gasteiger partial charge < -0.3 is 56.0 Å². The second-order valence-corrected chi connectivity index (χ2v) is 22.6. The Labute approximate surface area is 461 Å². The summed E-state index contributed by atoms with van der Waals surface area (Å²) in [6.45, 7) is -0.126. The Balaban J connectivity index is 1.11. The minimum absolute atomic E-state index is 0.0659. The first-order valence-electron chi connectivity index (χ1n) is 28.3. The molecule has 0 saturated heterocycles. The number of phenolic OH excluding ortho intramolecular Hbond substituents is 2. The highest BCUT2D eigenvalue weighted by Gasteiger charge is 2.47. The number of fused-ring (bicyclic) bond motifs is 8. The fourth-order valence-electron chi connectivity index (χ4n) is 13.3. The van der Waals surface area contributed by atoms with E-state index < -0.39 is 65.8 Å². The van der Waals surface area contributed by atoms with Gasteiger partial charge >= 0.3 is 0 Å². The van der Waals surface area contributed by atoms with Crippen molar-refractivity contribution in [3.63, 3.8) is 0 Å². The summed E-state index contributed by atoms with van der Waals surface area (Å²) in [6, 6.07) is 27.8. The molecule has 10 N–H and O–H groups in total. The van der Waals surface area contributed by atoms with Crippen LogP contribution in [0.4, 0.5) is 5.82 Å². The standard InChI is InChI=1S/C66H72N4O9/c1-67-38-44-17-20-55-52-36-56-49(25-30-68-56)54(37-66(78)27-22-41-10-7-13-57(72)48(41)23-28-66)60(52)64(77)51(26-31-71)58(73)21-15-40-32-53(63(76)59(33-40)79-46-11-5-6-12-46)61(74)42-16-19-47(45(34-42)35-43-24-29-69-65(43)70-55)50(62(44)75)18-14-39-8-3-2-4-9-39/h2-4,7-10,13,16,19,23-25,28-30,32-34,36,44,46,50-51,54-55,60-62,67-72,74-76,78H,5-6,11-12,14-15,18,21-22,26-27,31,35,37-38H2,1H3/t44-,50-,51-,54+,55-,60+,61-,62-,66-/m1/s1. The van der Waals surface area contributed by atoms with E-state index in [2.05, 4.69) is 44.6 Å². The Morgan fingerprint density at radius 2 is 1.63 bits per heavy atom. The maximum Gasteiger partial charge on any atom is 0.163 e. The fraction of sp³-hybridized carbons (Fsp3) is 0.394. The molecule has 13 heteroatoms. The molecule has 3 aliphatic carbocycles. The van der Waals surface area contributed by atoms with Crippen LogP contribution in [0.3, 0.4) is 0 Å². The number of anilines is 1. The first kappa shape index (κ1) is 53.8. The molecule has 13 nitrogen and oxygen atoms in total. The summed E-state index contributed by atoms with van der Waals surface area (Å²) in [6.07, 6.45) is 12.5. The maximum atomic E-state index is 16.2. The van der Waals surface area contributed by atoms with Crippen molar-refractivity contribution in [3.8, 4) is 29.1 Å². The summed E-state index contributed by atoms with van der Waals surface area (Å²) in [5, 5.41) is 79.4. The molecule has 410 valence electrons. The van der Waals surface area contributed by atoms with Gasteiger partial charge in [-0.05, 0) is 164 Å². The van der Waals surface area contributed by atoms with Crippen LogP contribution in [0.2, 0.25) is 0 Å². The number of aromatic amines is 2. The van der Waals surface area contributed by atoms with Gasteiger partial charge in [0.1, 0.15) is 29.5 Å². The number of H-pyrrole nitrogens is 2. The van der Waals surface area contributed by atoms with Crippen molar-refractivity contribution in [1.29, 1.82) is 0 Å². The van der Waals surface area contributed by atoms with Crippen LogP contribution in [0.15, 0.2) is 115 Å². The molecule has 0 unspecified atom stereocenters. The number of benzene rings is 4. The third-order valence-electron chi connectivity index (χ3n) is 17.6. The third kappa shape index (κ3) is 11.2. The van der Waals surface area contributed by atoms with Crippen molar-refractivity contribution in [2.75, 3.05) is 25.5 Å². The van der Waals surface area contributed by atoms with Gasteiger partial charge in [0.05, 0.1) is 29.6 Å². The van der Waals surface area contributed by atoms with E-state index in [9.17, 15) is 30.6 Å². The van der Waals surface area contributed by atoms with E-state index >= 15 is 9.59 Å². The number of aryl methyl sites for hydroxylation is 3. The minimum atomic E-state index is -1.48. The molecule has 11 rings (SSSR count). The average Bonchev–Trinajstić information content (AvgIpc) is 4.33. The Morgan fingerprint density at radius 3 is 2.44 bits per heavy atom. The van der Waals surface area contributed by atoms with Crippen LogP contribution in [0.5, 0.6) is 17.2 Å². The number of carbonyl (C=O) groups excluding carboxylic acids is 2. The zero-order valence-electron chi connectivity index (χ0n) is 44.8. The Bertz CT molecular complexity index is 3320. The summed E-state index contributed by atoms with van der Waals surface area (Å²) in [7, 11) is 1.83. The maximum absolute atomic E-state index is 16.2. The molecule has 1 saturated carbocycles. The summed E-state index contributed by atoms with van der Waals surface area (Å²) >= 11 is 0. The minimum Gasteiger partial charge on any atom is -0.507 e. The van der Waals surface area contributed by atoms with Gasteiger partial charge in [0.2, 0.25) is 0 Å². The van der Waals surface area contributed by atoms with E-state index in [0.29, 0.717) is 60.3 Å². The highest BCUT2D eigenvalue weighted by Crippen LogP contribution is 2.49. The largest absolute Gasteiger partial charge is 0.507 e. The van der Waals surface area contributed by atoms with E-state index in [1.807, 2.05) is 80.1 Å². The van der Waals surface area contributed by atoms with Gasteiger partial charge in [-0.15, -0.1) is 0 Å². The topological polar surface area (TPSA) is 220 Å². The predicted octanol–water partition coefficient (Wildman–Crippen LogP) is 9.12. The van der Waals surface area contributed by atoms with Gasteiger partial charge in [-0.2, -0.15) is 0 Å². The normalized spacial score (nSPS) is 26.0. The number of aromatic hydroxyl groups is 2. The highest BCUT2D eigenvalue weighted by atomic mass is 16.5. The van der Waals surface area contributed by atoms with Crippen LogP contribution in [-0.4, -0.2) is 96.2 Å². The lowest BCUT2D eigenvalue weighted by molar-refractivity contribution is -0.135. The monoisotopic (exact) mass is 1060 g/mol. The van der Waals surface area contributed by atoms with Crippen LogP contribution in [0, 0.1) is 29.6 Å². The van der Waals surface area contributed by atoms with Gasteiger partial charge in [-0.1, -0.05) is 84.7 Å². The van der Waals surface area contributed by atoms with E-state index in [0.717, 1.165) is 64.8 Å². The lowest BCUT2D eigenvalue weighted by Gasteiger charge is -2.39. The Kier molecular flexibility index (Phi) is 15.8. The molecule has 4 aromatic carbocycles. The fourth-order valence-corrected chi connectivity index (χ4v) is 13.3. The van der Waals surface area contributed by atoms with Crippen LogP contribution in [0.25, 0.3) is 12.2 Å². The number of hydrogen-bond donors (Lipinski definition) is 10. The number of nitrogens with one attached hydrogen (secondary N) is 4. The molecule has 79 heavy (non-hydrogen) atoms. The first-order chi connectivity index (χ1) is 38.4. The van der Waals surface area contributed by atoms with Crippen LogP contribution < -0.4 is 15.4 Å². The molecule has 5 bridgehead atoms. The molecule has 0 radical (unpaired) electrons. The molecule has 0 spiro atoms. The molecule has 6 aromatic rings. The van der Waals surface area contributed by atoms with Gasteiger partial charge in [-0.3, -0.25) is 9.59 Å². The zero-order valence-corrected chi connectivity index (χ0v) is 44.8. The Hall–Kier alpha value is -7.18. The van der Waals surface area contributed by atoms with Crippen molar-refractivity contribution >= 4 is 29.5 Å². The van der Waals surface area contributed by atoms with Crippen molar-refractivity contribution in [1.82, 2.24) is 15.3 Å². The smallest absolute Gasteiger partial charge is 0.163 e. The van der Waals surface area contributed by atoms with Crippen LogP contribution in [-0.2, 0) is 35.3 Å². The number of Topliss-reactive ketones (excluding diaryl/α,β-unsaturated/α-hetero) is 2. The van der Waals surface area contributed by atoms with Gasteiger partial charge in [-0.25, -0.2) is 0 Å². The number of ketones is 2. The lowest BCUT2D eigenvalue weighted by atomic mass is 9.65.